The van der Waals surface area contributed by atoms with Crippen LogP contribution in [0.2, 0.25) is 0 Å². The van der Waals surface area contributed by atoms with Gasteiger partial charge in [0.2, 0.25) is 0 Å². The van der Waals surface area contributed by atoms with Crippen molar-refractivity contribution in [2.75, 3.05) is 0 Å². The highest BCUT2D eigenvalue weighted by Gasteiger charge is 2.20. The van der Waals surface area contributed by atoms with E-state index in [0.717, 1.165) is 71.3 Å². The number of benzene rings is 3. The Kier molecular flexibility index (Phi) is 2.60. The second-order valence-corrected chi connectivity index (χ2v) is 7.87. The molecule has 5 heteroatoms. The summed E-state index contributed by atoms with van der Waals surface area (Å²) in [5.74, 6) is 0. The number of aromatic nitrogens is 3. The average Bonchev–Trinajstić information content (AvgIpc) is 3.53. The number of rotatable bonds is 0. The molecule has 5 nitrogen and oxygen atoms in total. The SMILES string of the molecule is c1ccc2c(c1)oc1ccc3c4ccc5c(c6cccnc6c6nccn56)c4oc3c12. The summed E-state index contributed by atoms with van der Waals surface area (Å²) < 4.78 is 14.8. The van der Waals surface area contributed by atoms with E-state index < -0.39 is 0 Å². The summed E-state index contributed by atoms with van der Waals surface area (Å²) in [6.45, 7) is 0. The van der Waals surface area contributed by atoms with Gasteiger partial charge in [0.25, 0.3) is 0 Å². The summed E-state index contributed by atoms with van der Waals surface area (Å²) in [4.78, 5) is 9.18. The van der Waals surface area contributed by atoms with Crippen molar-refractivity contribution in [3.8, 4) is 0 Å². The second-order valence-electron chi connectivity index (χ2n) is 7.87. The van der Waals surface area contributed by atoms with E-state index in [1.807, 2.05) is 48.9 Å². The van der Waals surface area contributed by atoms with Crippen molar-refractivity contribution in [3.63, 3.8) is 0 Å². The topological polar surface area (TPSA) is 56.5 Å². The number of fused-ring (bicyclic) bond motifs is 14. The van der Waals surface area contributed by atoms with Crippen molar-refractivity contribution < 1.29 is 8.83 Å². The van der Waals surface area contributed by atoms with Gasteiger partial charge in [0.05, 0.1) is 16.3 Å². The van der Waals surface area contributed by atoms with Gasteiger partial charge < -0.3 is 8.83 Å². The number of para-hydroxylation sites is 1. The molecule has 0 atom stereocenters. The van der Waals surface area contributed by atoms with Crippen LogP contribution in [0.4, 0.5) is 0 Å². The molecule has 0 aliphatic carbocycles. The van der Waals surface area contributed by atoms with Gasteiger partial charge in [0.15, 0.2) is 5.65 Å². The highest BCUT2D eigenvalue weighted by Crippen LogP contribution is 2.42. The highest BCUT2D eigenvalue weighted by atomic mass is 16.3. The predicted octanol–water partition coefficient (Wildman–Crippen LogP) is 6.83. The van der Waals surface area contributed by atoms with Crippen LogP contribution in [-0.2, 0) is 0 Å². The minimum atomic E-state index is 0.834. The third-order valence-electron chi connectivity index (χ3n) is 6.31. The molecular formula is C26H13N3O2. The number of nitrogens with zero attached hydrogens (tertiary/aromatic N) is 3. The lowest BCUT2D eigenvalue weighted by atomic mass is 10.0. The summed E-state index contributed by atoms with van der Waals surface area (Å²) in [5, 5.41) is 6.33. The maximum absolute atomic E-state index is 6.66. The first-order valence-electron chi connectivity index (χ1n) is 10.2. The van der Waals surface area contributed by atoms with Crippen LogP contribution in [-0.4, -0.2) is 14.4 Å². The standard InChI is InChI=1S/C26H13N3O2/c1-2-6-19-16(4-1)22-20(30-19)10-8-15-14-7-9-18-21(24(14)31-25(15)22)17-5-3-11-27-23(17)26-28-12-13-29(18)26/h1-13H. The molecule has 0 spiro atoms. The van der Waals surface area contributed by atoms with Crippen LogP contribution in [0.15, 0.2) is 88.1 Å². The van der Waals surface area contributed by atoms with Crippen molar-refractivity contribution in [2.24, 2.45) is 0 Å². The van der Waals surface area contributed by atoms with Gasteiger partial charge in [-0.2, -0.15) is 0 Å². The van der Waals surface area contributed by atoms with Gasteiger partial charge in [-0.15, -0.1) is 0 Å². The molecule has 31 heavy (non-hydrogen) atoms. The Morgan fingerprint density at radius 2 is 1.45 bits per heavy atom. The van der Waals surface area contributed by atoms with Crippen LogP contribution in [0.5, 0.6) is 0 Å². The first-order valence-corrected chi connectivity index (χ1v) is 10.2. The molecule has 5 heterocycles. The molecule has 0 unspecified atom stereocenters. The van der Waals surface area contributed by atoms with Crippen LogP contribution in [0, 0.1) is 0 Å². The van der Waals surface area contributed by atoms with Crippen molar-refractivity contribution in [1.82, 2.24) is 14.4 Å². The number of hydrogen-bond donors (Lipinski definition) is 0. The lowest BCUT2D eigenvalue weighted by Gasteiger charge is -2.07. The molecule has 8 aromatic rings. The Morgan fingerprint density at radius 1 is 0.613 bits per heavy atom. The van der Waals surface area contributed by atoms with E-state index in [4.69, 9.17) is 8.83 Å². The van der Waals surface area contributed by atoms with E-state index in [2.05, 4.69) is 44.7 Å². The van der Waals surface area contributed by atoms with E-state index >= 15 is 0 Å². The van der Waals surface area contributed by atoms with Crippen molar-refractivity contribution >= 4 is 71.3 Å². The Labute approximate surface area is 174 Å². The lowest BCUT2D eigenvalue weighted by molar-refractivity contribution is 0.664. The molecule has 0 radical (unpaired) electrons. The molecular weight excluding hydrogens is 386 g/mol. The lowest BCUT2D eigenvalue weighted by Crippen LogP contribution is -1.92. The molecule has 0 saturated carbocycles. The maximum Gasteiger partial charge on any atom is 0.163 e. The molecule has 3 aromatic carbocycles. The molecule has 0 aliphatic rings. The smallest absolute Gasteiger partial charge is 0.163 e. The first kappa shape index (κ1) is 15.5. The van der Waals surface area contributed by atoms with Gasteiger partial charge in [0.1, 0.15) is 27.8 Å². The quantitative estimate of drug-likeness (QED) is 0.262. The number of furan rings is 2. The number of pyridine rings is 2. The highest BCUT2D eigenvalue weighted by molar-refractivity contribution is 6.27. The van der Waals surface area contributed by atoms with Gasteiger partial charge in [-0.05, 0) is 36.4 Å². The van der Waals surface area contributed by atoms with Crippen molar-refractivity contribution in [2.45, 2.75) is 0 Å². The molecule has 0 N–H and O–H groups in total. The van der Waals surface area contributed by atoms with Crippen molar-refractivity contribution in [3.05, 3.63) is 79.3 Å². The van der Waals surface area contributed by atoms with Gasteiger partial charge >= 0.3 is 0 Å². The van der Waals surface area contributed by atoms with Crippen LogP contribution >= 0.6 is 0 Å². The summed E-state index contributed by atoms with van der Waals surface area (Å²) >= 11 is 0. The molecule has 5 aromatic heterocycles. The second kappa shape index (κ2) is 5.21. The van der Waals surface area contributed by atoms with Gasteiger partial charge in [-0.3, -0.25) is 9.38 Å². The van der Waals surface area contributed by atoms with E-state index in [1.165, 1.54) is 0 Å². The Hall–Kier alpha value is -4.38. The molecule has 0 bridgehead atoms. The Morgan fingerprint density at radius 3 is 2.42 bits per heavy atom. The van der Waals surface area contributed by atoms with E-state index in [0.29, 0.717) is 0 Å². The van der Waals surface area contributed by atoms with Crippen LogP contribution in [0.1, 0.15) is 0 Å². The van der Waals surface area contributed by atoms with E-state index in [1.54, 1.807) is 0 Å². The Balaban J connectivity index is 1.69. The third-order valence-corrected chi connectivity index (χ3v) is 6.31. The largest absolute Gasteiger partial charge is 0.456 e. The minimum Gasteiger partial charge on any atom is -0.456 e. The van der Waals surface area contributed by atoms with Crippen molar-refractivity contribution in [1.29, 1.82) is 0 Å². The fourth-order valence-corrected chi connectivity index (χ4v) is 5.02. The van der Waals surface area contributed by atoms with Crippen LogP contribution in [0.3, 0.4) is 0 Å². The summed E-state index contributed by atoms with van der Waals surface area (Å²) in [7, 11) is 0. The zero-order valence-corrected chi connectivity index (χ0v) is 16.2. The number of hydrogen-bond acceptors (Lipinski definition) is 4. The maximum atomic E-state index is 6.66. The number of imidazole rings is 1. The van der Waals surface area contributed by atoms with Crippen LogP contribution in [0.25, 0.3) is 71.3 Å². The van der Waals surface area contributed by atoms with E-state index in [-0.39, 0.29) is 0 Å². The molecule has 8 rings (SSSR count). The van der Waals surface area contributed by atoms with E-state index in [9.17, 15) is 0 Å². The third kappa shape index (κ3) is 1.78. The van der Waals surface area contributed by atoms with Gasteiger partial charge in [0, 0.05) is 40.1 Å². The molecule has 0 aliphatic heterocycles. The summed E-state index contributed by atoms with van der Waals surface area (Å²) in [6.07, 6.45) is 5.59. The summed E-state index contributed by atoms with van der Waals surface area (Å²) in [5.41, 5.74) is 6.18. The first-order chi connectivity index (χ1) is 15.4. The summed E-state index contributed by atoms with van der Waals surface area (Å²) in [6, 6.07) is 20.6. The van der Waals surface area contributed by atoms with Crippen LogP contribution < -0.4 is 0 Å². The monoisotopic (exact) mass is 399 g/mol. The fraction of sp³-hybridized carbons (Fsp3) is 0. The molecule has 144 valence electrons. The van der Waals surface area contributed by atoms with Gasteiger partial charge in [-0.25, -0.2) is 4.98 Å². The normalized spacial score (nSPS) is 12.5. The minimum absolute atomic E-state index is 0.834. The van der Waals surface area contributed by atoms with Gasteiger partial charge in [-0.1, -0.05) is 24.3 Å². The fourth-order valence-electron chi connectivity index (χ4n) is 5.02. The molecule has 0 fully saturated rings. The molecule has 0 saturated heterocycles. The zero-order valence-electron chi connectivity index (χ0n) is 16.2. The zero-order chi connectivity index (χ0) is 20.1. The predicted molar refractivity (Wildman–Crippen MR) is 123 cm³/mol. The Bertz CT molecular complexity index is 2010. The molecule has 0 amide bonds. The average molecular weight is 399 g/mol.